The molecule has 0 spiro atoms. The second-order valence-corrected chi connectivity index (χ2v) is 9.75. The quantitative estimate of drug-likeness (QED) is 0.249. The zero-order valence-corrected chi connectivity index (χ0v) is 12.0. The zero-order valence-electron chi connectivity index (χ0n) is 11.0. The largest absolute Gasteiger partial charge is 0.547 e. The predicted molar refractivity (Wildman–Crippen MR) is 63.4 cm³/mol. The third kappa shape index (κ3) is 3.59. The summed E-state index contributed by atoms with van der Waals surface area (Å²) in [4.78, 5) is 23.4. The molecule has 0 aromatic rings. The fourth-order valence-corrected chi connectivity index (χ4v) is 2.47. The highest BCUT2D eigenvalue weighted by atomic mass is 28.4. The summed E-state index contributed by atoms with van der Waals surface area (Å²) >= 11 is 0. The van der Waals surface area contributed by atoms with Crippen molar-refractivity contribution in [2.75, 3.05) is 0 Å². The highest BCUT2D eigenvalue weighted by Crippen LogP contribution is 2.26. The van der Waals surface area contributed by atoms with Crippen LogP contribution >= 0.6 is 0 Å². The van der Waals surface area contributed by atoms with Crippen molar-refractivity contribution >= 4 is 20.3 Å². The molecule has 1 aliphatic rings. The second kappa shape index (κ2) is 4.18. The number of ether oxygens (including phenoxy) is 2. The van der Waals surface area contributed by atoms with E-state index in [1.165, 1.54) is 13.8 Å². The minimum atomic E-state index is -1.87. The van der Waals surface area contributed by atoms with Gasteiger partial charge in [0, 0.05) is 13.8 Å². The molecule has 1 fully saturated rings. The molecule has 0 atom stereocenters. The molecule has 0 aromatic carbocycles. The van der Waals surface area contributed by atoms with Crippen LogP contribution in [0.3, 0.4) is 0 Å². The maximum absolute atomic E-state index is 11.7. The highest BCUT2D eigenvalue weighted by Gasteiger charge is 2.41. The van der Waals surface area contributed by atoms with Crippen LogP contribution in [0.25, 0.3) is 0 Å². The number of hydrogen-bond acceptors (Lipinski definition) is 5. The first-order valence-corrected chi connectivity index (χ1v) is 8.79. The van der Waals surface area contributed by atoms with Gasteiger partial charge in [-0.05, 0) is 26.6 Å². The van der Waals surface area contributed by atoms with E-state index in [9.17, 15) is 9.59 Å². The minimum absolute atomic E-state index is 0.147. The Bertz CT molecular complexity index is 367. The van der Waals surface area contributed by atoms with Gasteiger partial charge in [0.1, 0.15) is 0 Å². The van der Waals surface area contributed by atoms with Gasteiger partial charge in [0.2, 0.25) is 8.32 Å². The monoisotopic (exact) mass is 258 g/mol. The lowest BCUT2D eigenvalue weighted by Crippen LogP contribution is -2.42. The standard InChI is InChI=1S/C11H18O5Si/c1-7(16-17(4,5)6)8-9(12)14-11(2,3)15-10(8)13/h1-6H3. The topological polar surface area (TPSA) is 61.8 Å². The van der Waals surface area contributed by atoms with Gasteiger partial charge in [-0.15, -0.1) is 0 Å². The van der Waals surface area contributed by atoms with E-state index >= 15 is 0 Å². The van der Waals surface area contributed by atoms with Crippen LogP contribution in [0.5, 0.6) is 0 Å². The molecular formula is C11H18O5Si. The van der Waals surface area contributed by atoms with Gasteiger partial charge in [-0.2, -0.15) is 0 Å². The second-order valence-electron chi connectivity index (χ2n) is 5.32. The molecule has 0 amide bonds. The third-order valence-corrected chi connectivity index (χ3v) is 2.82. The van der Waals surface area contributed by atoms with Crippen LogP contribution in [-0.4, -0.2) is 26.0 Å². The molecule has 0 radical (unpaired) electrons. The Morgan fingerprint density at radius 1 is 1.12 bits per heavy atom. The van der Waals surface area contributed by atoms with Crippen molar-refractivity contribution in [1.29, 1.82) is 0 Å². The molecule has 17 heavy (non-hydrogen) atoms. The van der Waals surface area contributed by atoms with E-state index in [1.807, 2.05) is 19.6 Å². The molecule has 1 heterocycles. The van der Waals surface area contributed by atoms with E-state index in [1.54, 1.807) is 6.92 Å². The molecule has 1 saturated heterocycles. The molecule has 0 unspecified atom stereocenters. The van der Waals surface area contributed by atoms with Gasteiger partial charge in [0.25, 0.3) is 5.79 Å². The third-order valence-electron chi connectivity index (χ3n) is 1.90. The van der Waals surface area contributed by atoms with Crippen LogP contribution in [0.2, 0.25) is 19.6 Å². The van der Waals surface area contributed by atoms with Crippen molar-refractivity contribution in [3.63, 3.8) is 0 Å². The molecular weight excluding hydrogens is 240 g/mol. The van der Waals surface area contributed by atoms with Gasteiger partial charge in [-0.1, -0.05) is 0 Å². The highest BCUT2D eigenvalue weighted by molar-refractivity contribution is 6.70. The van der Waals surface area contributed by atoms with E-state index in [4.69, 9.17) is 13.9 Å². The van der Waals surface area contributed by atoms with Crippen molar-refractivity contribution in [2.45, 2.75) is 46.2 Å². The number of rotatable bonds is 2. The zero-order chi connectivity index (χ0) is 13.4. The predicted octanol–water partition coefficient (Wildman–Crippen LogP) is 1.95. The average Bonchev–Trinajstić information content (AvgIpc) is 1.94. The normalized spacial score (nSPS) is 19.5. The Balaban J connectivity index is 3.02. The van der Waals surface area contributed by atoms with Crippen molar-refractivity contribution in [3.8, 4) is 0 Å². The van der Waals surface area contributed by atoms with Gasteiger partial charge in [-0.3, -0.25) is 0 Å². The molecule has 0 bridgehead atoms. The van der Waals surface area contributed by atoms with Crippen molar-refractivity contribution in [1.82, 2.24) is 0 Å². The maximum atomic E-state index is 11.7. The van der Waals surface area contributed by atoms with Crippen LogP contribution in [0.4, 0.5) is 0 Å². The van der Waals surface area contributed by atoms with E-state index in [0.717, 1.165) is 0 Å². The molecule has 6 heteroatoms. The summed E-state index contributed by atoms with van der Waals surface area (Å²) in [6.07, 6.45) is 0. The van der Waals surface area contributed by atoms with Crippen molar-refractivity contribution in [3.05, 3.63) is 11.3 Å². The Morgan fingerprint density at radius 2 is 1.53 bits per heavy atom. The molecule has 1 aliphatic heterocycles. The van der Waals surface area contributed by atoms with Gasteiger partial charge in [0.15, 0.2) is 5.57 Å². The van der Waals surface area contributed by atoms with E-state index < -0.39 is 26.0 Å². The van der Waals surface area contributed by atoms with Crippen LogP contribution in [0, 0.1) is 0 Å². The number of cyclic esters (lactones) is 2. The van der Waals surface area contributed by atoms with Crippen LogP contribution in [0.1, 0.15) is 20.8 Å². The van der Waals surface area contributed by atoms with E-state index in [0.29, 0.717) is 0 Å². The number of carbonyl (C=O) groups excluding carboxylic acids is 2. The molecule has 5 nitrogen and oxygen atoms in total. The lowest BCUT2D eigenvalue weighted by Gasteiger charge is -2.31. The molecule has 96 valence electrons. The number of carbonyl (C=O) groups is 2. The SMILES string of the molecule is CC(O[Si](C)(C)C)=C1C(=O)OC(C)(C)OC1=O. The summed E-state index contributed by atoms with van der Waals surface area (Å²) in [5, 5.41) is 0. The summed E-state index contributed by atoms with van der Waals surface area (Å²) < 4.78 is 15.6. The molecule has 1 rings (SSSR count). The van der Waals surface area contributed by atoms with Crippen LogP contribution in [0.15, 0.2) is 11.3 Å². The molecule has 0 saturated carbocycles. The van der Waals surface area contributed by atoms with E-state index in [2.05, 4.69) is 0 Å². The first-order valence-electron chi connectivity index (χ1n) is 5.38. The summed E-state index contributed by atoms with van der Waals surface area (Å²) in [6.45, 7) is 10.5. The summed E-state index contributed by atoms with van der Waals surface area (Å²) in [5.41, 5.74) is -0.147. The number of esters is 2. The lowest BCUT2D eigenvalue weighted by molar-refractivity contribution is -0.222. The Kier molecular flexibility index (Phi) is 3.38. The average molecular weight is 258 g/mol. The van der Waals surface area contributed by atoms with Gasteiger partial charge in [0.05, 0.1) is 5.76 Å². The van der Waals surface area contributed by atoms with E-state index in [-0.39, 0.29) is 11.3 Å². The van der Waals surface area contributed by atoms with Gasteiger partial charge >= 0.3 is 11.9 Å². The van der Waals surface area contributed by atoms with Crippen LogP contribution in [-0.2, 0) is 23.5 Å². The van der Waals surface area contributed by atoms with Gasteiger partial charge in [-0.25, -0.2) is 9.59 Å². The van der Waals surface area contributed by atoms with Gasteiger partial charge < -0.3 is 13.9 Å². The number of hydrogen-bond donors (Lipinski definition) is 0. The fraction of sp³-hybridized carbons (Fsp3) is 0.636. The maximum Gasteiger partial charge on any atom is 0.352 e. The Morgan fingerprint density at radius 3 is 1.88 bits per heavy atom. The lowest BCUT2D eigenvalue weighted by atomic mass is 10.2. The molecule has 0 aliphatic carbocycles. The first kappa shape index (κ1) is 13.8. The first-order chi connectivity index (χ1) is 7.52. The minimum Gasteiger partial charge on any atom is -0.547 e. The summed E-state index contributed by atoms with van der Waals surface area (Å²) in [5.74, 6) is -2.32. The Labute approximate surface area is 102 Å². The van der Waals surface area contributed by atoms with Crippen LogP contribution < -0.4 is 0 Å². The Hall–Kier alpha value is -1.30. The smallest absolute Gasteiger partial charge is 0.352 e. The van der Waals surface area contributed by atoms with Crippen molar-refractivity contribution in [2.24, 2.45) is 0 Å². The molecule has 0 N–H and O–H groups in total. The van der Waals surface area contributed by atoms with Crippen molar-refractivity contribution < 1.29 is 23.5 Å². The fourth-order valence-electron chi connectivity index (χ4n) is 1.45. The summed E-state index contributed by atoms with van der Waals surface area (Å²) in [7, 11) is -1.87. The number of allylic oxidation sites excluding steroid dienone is 1. The summed E-state index contributed by atoms with van der Waals surface area (Å²) in [6, 6.07) is 0. The molecule has 0 aromatic heterocycles.